The number of rotatable bonds is 3. The molecule has 0 aliphatic heterocycles. The fourth-order valence-electron chi connectivity index (χ4n) is 2.41. The molecule has 0 radical (unpaired) electrons. The molecule has 3 aromatic rings. The van der Waals surface area contributed by atoms with E-state index in [2.05, 4.69) is 44.5 Å². The Hall–Kier alpha value is -1.03. The summed E-state index contributed by atoms with van der Waals surface area (Å²) in [5, 5.41) is 0.704. The van der Waals surface area contributed by atoms with Gasteiger partial charge in [0.2, 0.25) is 0 Å². The predicted octanol–water partition coefficient (Wildman–Crippen LogP) is 5.53. The summed E-state index contributed by atoms with van der Waals surface area (Å²) >= 11 is 15.9. The number of alkyl halides is 1. The predicted molar refractivity (Wildman–Crippen MR) is 92.9 cm³/mol. The molecule has 2 aromatic carbocycles. The van der Waals surface area contributed by atoms with Gasteiger partial charge in [-0.1, -0.05) is 33.6 Å². The minimum absolute atomic E-state index is 0.522. The second-order valence-corrected chi connectivity index (χ2v) is 6.59. The van der Waals surface area contributed by atoms with E-state index in [1.165, 1.54) is 0 Å². The van der Waals surface area contributed by atoms with Gasteiger partial charge in [0.1, 0.15) is 5.82 Å². The molecule has 0 spiro atoms. The molecule has 0 aliphatic rings. The van der Waals surface area contributed by atoms with Crippen molar-refractivity contribution < 1.29 is 0 Å². The molecular formula is C16H13BrCl2N2. The SMILES string of the molecule is Cc1ccc(Cl)c(-n2c(CCCl)nc3ccc(Br)cc32)c1. The Morgan fingerprint density at radius 3 is 2.76 bits per heavy atom. The van der Waals surface area contributed by atoms with E-state index < -0.39 is 0 Å². The number of nitrogens with zero attached hydrogens (tertiary/aromatic N) is 2. The van der Waals surface area contributed by atoms with Gasteiger partial charge in [0.05, 0.1) is 21.7 Å². The maximum Gasteiger partial charge on any atom is 0.115 e. The van der Waals surface area contributed by atoms with Crippen LogP contribution in [0.15, 0.2) is 40.9 Å². The van der Waals surface area contributed by atoms with Gasteiger partial charge >= 0.3 is 0 Å². The van der Waals surface area contributed by atoms with Crippen molar-refractivity contribution in [2.45, 2.75) is 13.3 Å². The molecule has 0 fully saturated rings. The summed E-state index contributed by atoms with van der Waals surface area (Å²) in [6, 6.07) is 12.0. The molecule has 0 amide bonds. The van der Waals surface area contributed by atoms with Crippen molar-refractivity contribution in [3.8, 4) is 5.69 Å². The van der Waals surface area contributed by atoms with E-state index in [9.17, 15) is 0 Å². The van der Waals surface area contributed by atoms with Crippen LogP contribution in [-0.4, -0.2) is 15.4 Å². The van der Waals surface area contributed by atoms with Crippen LogP contribution >= 0.6 is 39.1 Å². The summed E-state index contributed by atoms with van der Waals surface area (Å²) in [5.74, 6) is 1.44. The fraction of sp³-hybridized carbons (Fsp3) is 0.188. The zero-order valence-corrected chi connectivity index (χ0v) is 14.5. The first-order valence-corrected chi connectivity index (χ1v) is 8.30. The number of aryl methyl sites for hydroxylation is 2. The molecule has 1 heterocycles. The quantitative estimate of drug-likeness (QED) is 0.543. The van der Waals surface area contributed by atoms with E-state index >= 15 is 0 Å². The van der Waals surface area contributed by atoms with Gasteiger partial charge < -0.3 is 0 Å². The first kappa shape index (κ1) is 14.9. The molecule has 1 aromatic heterocycles. The van der Waals surface area contributed by atoms with Gasteiger partial charge in [0, 0.05) is 16.8 Å². The molecule has 0 unspecified atom stereocenters. The first-order chi connectivity index (χ1) is 10.1. The van der Waals surface area contributed by atoms with Crippen molar-refractivity contribution in [2.24, 2.45) is 0 Å². The second kappa shape index (κ2) is 5.99. The molecule has 0 atom stereocenters. The Morgan fingerprint density at radius 1 is 1.19 bits per heavy atom. The van der Waals surface area contributed by atoms with Gasteiger partial charge in [0.25, 0.3) is 0 Å². The lowest BCUT2D eigenvalue weighted by molar-refractivity contribution is 0.911. The van der Waals surface area contributed by atoms with Crippen LogP contribution in [0.1, 0.15) is 11.4 Å². The largest absolute Gasteiger partial charge is 0.295 e. The molecule has 3 rings (SSSR count). The second-order valence-electron chi connectivity index (χ2n) is 4.89. The molecule has 21 heavy (non-hydrogen) atoms. The van der Waals surface area contributed by atoms with Crippen LogP contribution in [0.5, 0.6) is 0 Å². The summed E-state index contributed by atoms with van der Waals surface area (Å²) < 4.78 is 3.11. The Bertz CT molecular complexity index is 811. The number of imidazole rings is 1. The standard InChI is InChI=1S/C16H13BrCl2N2/c1-10-2-4-12(19)14(8-10)21-15-9-11(17)3-5-13(15)20-16(21)6-7-18/h2-5,8-9H,6-7H2,1H3. The van der Waals surface area contributed by atoms with Gasteiger partial charge in [-0.25, -0.2) is 4.98 Å². The average Bonchev–Trinajstić information content (AvgIpc) is 2.79. The van der Waals surface area contributed by atoms with Crippen LogP contribution in [0.4, 0.5) is 0 Å². The van der Waals surface area contributed by atoms with Crippen molar-refractivity contribution >= 4 is 50.2 Å². The summed E-state index contributed by atoms with van der Waals surface area (Å²) in [4.78, 5) is 4.69. The van der Waals surface area contributed by atoms with Crippen LogP contribution in [0, 0.1) is 6.92 Å². The van der Waals surface area contributed by atoms with Crippen molar-refractivity contribution in [1.29, 1.82) is 0 Å². The number of hydrogen-bond acceptors (Lipinski definition) is 1. The van der Waals surface area contributed by atoms with Crippen molar-refractivity contribution in [3.05, 3.63) is 57.3 Å². The van der Waals surface area contributed by atoms with E-state index in [1.54, 1.807) is 0 Å². The van der Waals surface area contributed by atoms with E-state index in [-0.39, 0.29) is 0 Å². The third-order valence-electron chi connectivity index (χ3n) is 3.35. The Labute approximate surface area is 141 Å². The lowest BCUT2D eigenvalue weighted by Gasteiger charge is -2.11. The van der Waals surface area contributed by atoms with Crippen molar-refractivity contribution in [1.82, 2.24) is 9.55 Å². The topological polar surface area (TPSA) is 17.8 Å². The maximum atomic E-state index is 6.41. The summed E-state index contributed by atoms with van der Waals surface area (Å²) in [7, 11) is 0. The molecule has 0 N–H and O–H groups in total. The molecule has 108 valence electrons. The number of benzene rings is 2. The number of hydrogen-bond donors (Lipinski definition) is 0. The van der Waals surface area contributed by atoms with E-state index in [0.29, 0.717) is 17.3 Å². The fourth-order valence-corrected chi connectivity index (χ4v) is 3.13. The Morgan fingerprint density at radius 2 is 2.00 bits per heavy atom. The first-order valence-electron chi connectivity index (χ1n) is 6.59. The van der Waals surface area contributed by atoms with Crippen LogP contribution in [-0.2, 0) is 6.42 Å². The van der Waals surface area contributed by atoms with E-state index in [0.717, 1.165) is 32.6 Å². The highest BCUT2D eigenvalue weighted by atomic mass is 79.9. The monoisotopic (exact) mass is 382 g/mol. The molecule has 0 aliphatic carbocycles. The molecule has 0 saturated carbocycles. The van der Waals surface area contributed by atoms with Crippen LogP contribution < -0.4 is 0 Å². The molecular weight excluding hydrogens is 371 g/mol. The third kappa shape index (κ3) is 2.83. The average molecular weight is 384 g/mol. The lowest BCUT2D eigenvalue weighted by Crippen LogP contribution is -2.03. The highest BCUT2D eigenvalue weighted by molar-refractivity contribution is 9.10. The number of halogens is 3. The minimum Gasteiger partial charge on any atom is -0.295 e. The van der Waals surface area contributed by atoms with Crippen molar-refractivity contribution in [2.75, 3.05) is 5.88 Å². The third-order valence-corrected chi connectivity index (χ3v) is 4.35. The highest BCUT2D eigenvalue weighted by Crippen LogP contribution is 2.29. The highest BCUT2D eigenvalue weighted by Gasteiger charge is 2.14. The number of aromatic nitrogens is 2. The smallest absolute Gasteiger partial charge is 0.115 e. The van der Waals surface area contributed by atoms with Gasteiger partial charge in [-0.15, -0.1) is 11.6 Å². The van der Waals surface area contributed by atoms with Crippen LogP contribution in [0.25, 0.3) is 16.7 Å². The normalized spacial score (nSPS) is 11.2. The van der Waals surface area contributed by atoms with E-state index in [1.807, 2.05) is 24.3 Å². The van der Waals surface area contributed by atoms with E-state index in [4.69, 9.17) is 23.2 Å². The van der Waals surface area contributed by atoms with Gasteiger partial charge in [0.15, 0.2) is 0 Å². The summed E-state index contributed by atoms with van der Waals surface area (Å²) in [5.41, 5.74) is 4.06. The zero-order chi connectivity index (χ0) is 15.0. The van der Waals surface area contributed by atoms with Crippen molar-refractivity contribution in [3.63, 3.8) is 0 Å². The Kier molecular flexibility index (Phi) is 4.25. The van der Waals surface area contributed by atoms with Gasteiger partial charge in [-0.3, -0.25) is 4.57 Å². The number of fused-ring (bicyclic) bond motifs is 1. The van der Waals surface area contributed by atoms with Gasteiger partial charge in [-0.2, -0.15) is 0 Å². The molecule has 0 saturated heterocycles. The Balaban J connectivity index is 2.35. The van der Waals surface area contributed by atoms with Crippen LogP contribution in [0.3, 0.4) is 0 Å². The van der Waals surface area contributed by atoms with Gasteiger partial charge in [-0.05, 0) is 42.8 Å². The summed E-state index contributed by atoms with van der Waals surface area (Å²) in [6.45, 7) is 2.05. The maximum absolute atomic E-state index is 6.41. The van der Waals surface area contributed by atoms with Crippen LogP contribution in [0.2, 0.25) is 5.02 Å². The molecule has 0 bridgehead atoms. The zero-order valence-electron chi connectivity index (χ0n) is 11.4. The lowest BCUT2D eigenvalue weighted by atomic mass is 10.2. The molecule has 5 heteroatoms. The molecule has 2 nitrogen and oxygen atoms in total. The minimum atomic E-state index is 0.522. The summed E-state index contributed by atoms with van der Waals surface area (Å²) in [6.07, 6.45) is 0.693.